The van der Waals surface area contributed by atoms with Gasteiger partial charge in [-0.3, -0.25) is 14.9 Å². The summed E-state index contributed by atoms with van der Waals surface area (Å²) in [5.41, 5.74) is -0.567. The van der Waals surface area contributed by atoms with Crippen LogP contribution in [0.15, 0.2) is 18.2 Å². The summed E-state index contributed by atoms with van der Waals surface area (Å²) in [7, 11) is 1.61. The Hall–Kier alpha value is -1.50. The molecule has 0 saturated heterocycles. The maximum atomic E-state index is 13.1. The highest BCUT2D eigenvalue weighted by Gasteiger charge is 2.30. The van der Waals surface area contributed by atoms with E-state index in [1.165, 1.54) is 11.0 Å². The topological polar surface area (TPSA) is 63.5 Å². The fourth-order valence-electron chi connectivity index (χ4n) is 2.32. The number of carbonyl (C=O) groups excluding carboxylic acids is 1. The summed E-state index contributed by atoms with van der Waals surface area (Å²) >= 11 is 3.48. The van der Waals surface area contributed by atoms with Crippen molar-refractivity contribution in [3.8, 4) is 0 Å². The van der Waals surface area contributed by atoms with Gasteiger partial charge in [0, 0.05) is 18.4 Å². The van der Waals surface area contributed by atoms with Gasteiger partial charge in [-0.05, 0) is 30.9 Å². The number of nitrogens with zero attached hydrogens (tertiary/aromatic N) is 2. The van der Waals surface area contributed by atoms with Gasteiger partial charge in [0.25, 0.3) is 11.6 Å². The molecule has 108 valence electrons. The quantitative estimate of drug-likeness (QED) is 0.479. The molecule has 0 atom stereocenters. The summed E-state index contributed by atoms with van der Waals surface area (Å²) in [6.45, 7) is 0.551. The van der Waals surface area contributed by atoms with Crippen molar-refractivity contribution in [3.63, 3.8) is 0 Å². The van der Waals surface area contributed by atoms with Crippen LogP contribution in [0, 0.1) is 21.8 Å². The Kier molecular flexibility index (Phi) is 4.37. The van der Waals surface area contributed by atoms with Gasteiger partial charge in [-0.1, -0.05) is 15.9 Å². The zero-order valence-electron chi connectivity index (χ0n) is 10.9. The number of hydrogen-bond acceptors (Lipinski definition) is 3. The Balaban J connectivity index is 2.13. The van der Waals surface area contributed by atoms with Gasteiger partial charge in [0.05, 0.1) is 11.0 Å². The molecule has 0 aromatic heterocycles. The zero-order chi connectivity index (χ0) is 14.9. The number of nitro benzene ring substituents is 1. The fraction of sp³-hybridized carbons (Fsp3) is 0.462. The van der Waals surface area contributed by atoms with Gasteiger partial charge in [0.2, 0.25) is 0 Å². The second-order valence-electron chi connectivity index (χ2n) is 5.04. The van der Waals surface area contributed by atoms with Crippen molar-refractivity contribution in [2.24, 2.45) is 5.92 Å². The molecule has 0 heterocycles. The number of amides is 1. The van der Waals surface area contributed by atoms with E-state index in [-0.39, 0.29) is 5.56 Å². The van der Waals surface area contributed by atoms with Gasteiger partial charge >= 0.3 is 0 Å². The highest BCUT2D eigenvalue weighted by molar-refractivity contribution is 9.09. The van der Waals surface area contributed by atoms with Crippen LogP contribution in [0.25, 0.3) is 0 Å². The van der Waals surface area contributed by atoms with E-state index in [0.717, 1.165) is 25.0 Å². The maximum absolute atomic E-state index is 13.1. The second kappa shape index (κ2) is 5.87. The molecule has 0 N–H and O–H groups in total. The number of nitro groups is 1. The van der Waals surface area contributed by atoms with E-state index in [1.54, 1.807) is 7.05 Å². The van der Waals surface area contributed by atoms with Crippen LogP contribution in [0.1, 0.15) is 23.2 Å². The molecule has 1 aliphatic rings. The normalized spacial score (nSPS) is 21.1. The molecule has 1 amide bonds. The first-order valence-electron chi connectivity index (χ1n) is 6.22. The summed E-state index contributed by atoms with van der Waals surface area (Å²) in [4.78, 5) is 24.3. The molecule has 1 saturated carbocycles. The molecule has 1 aromatic rings. The van der Waals surface area contributed by atoms with Crippen molar-refractivity contribution in [2.75, 3.05) is 13.6 Å². The third-order valence-corrected chi connectivity index (χ3v) is 4.19. The molecule has 7 heteroatoms. The van der Waals surface area contributed by atoms with Crippen molar-refractivity contribution in [1.29, 1.82) is 0 Å². The number of alkyl halides is 1. The molecule has 0 spiro atoms. The van der Waals surface area contributed by atoms with Crippen molar-refractivity contribution in [2.45, 2.75) is 17.7 Å². The monoisotopic (exact) mass is 344 g/mol. The van der Waals surface area contributed by atoms with Gasteiger partial charge in [0.15, 0.2) is 0 Å². The van der Waals surface area contributed by atoms with Crippen LogP contribution < -0.4 is 0 Å². The standard InChI is InChI=1S/C13H14BrFN2O3/c1-16(7-8-4-9(14)5-8)13(18)11-3-2-10(15)6-12(11)17(19)20/h2-3,6,8-9H,4-5,7H2,1H3. The van der Waals surface area contributed by atoms with Crippen LogP contribution in [0.5, 0.6) is 0 Å². The molecule has 5 nitrogen and oxygen atoms in total. The highest BCUT2D eigenvalue weighted by atomic mass is 79.9. The van der Waals surface area contributed by atoms with Gasteiger partial charge in [-0.2, -0.15) is 0 Å². The molecular formula is C13H14BrFN2O3. The highest BCUT2D eigenvalue weighted by Crippen LogP contribution is 2.34. The first-order valence-corrected chi connectivity index (χ1v) is 7.13. The fourth-order valence-corrected chi connectivity index (χ4v) is 3.37. The number of carbonyl (C=O) groups is 1. The van der Waals surface area contributed by atoms with E-state index in [2.05, 4.69) is 15.9 Å². The molecule has 1 aliphatic carbocycles. The average Bonchev–Trinajstić information content (AvgIpc) is 2.35. The van der Waals surface area contributed by atoms with Gasteiger partial charge in [-0.25, -0.2) is 4.39 Å². The lowest BCUT2D eigenvalue weighted by atomic mass is 9.85. The predicted octanol–water partition coefficient (Wildman–Crippen LogP) is 2.98. The molecule has 20 heavy (non-hydrogen) atoms. The Morgan fingerprint density at radius 1 is 1.55 bits per heavy atom. The lowest BCUT2D eigenvalue weighted by molar-refractivity contribution is -0.385. The minimum absolute atomic E-state index is 0.0754. The molecule has 0 aliphatic heterocycles. The minimum Gasteiger partial charge on any atom is -0.341 e. The van der Waals surface area contributed by atoms with E-state index in [0.29, 0.717) is 17.3 Å². The van der Waals surface area contributed by atoms with Gasteiger partial charge in [-0.15, -0.1) is 0 Å². The van der Waals surface area contributed by atoms with Crippen molar-refractivity contribution in [3.05, 3.63) is 39.7 Å². The Bertz CT molecular complexity index is 546. The molecule has 2 rings (SSSR count). The largest absolute Gasteiger partial charge is 0.341 e. The van der Waals surface area contributed by atoms with E-state index in [4.69, 9.17) is 0 Å². The van der Waals surface area contributed by atoms with Crippen LogP contribution in [0.3, 0.4) is 0 Å². The van der Waals surface area contributed by atoms with E-state index in [9.17, 15) is 19.3 Å². The smallest absolute Gasteiger partial charge is 0.285 e. The summed E-state index contributed by atoms with van der Waals surface area (Å²) in [5.74, 6) is -0.764. The maximum Gasteiger partial charge on any atom is 0.285 e. The average molecular weight is 345 g/mol. The van der Waals surface area contributed by atoms with E-state index in [1.807, 2.05) is 0 Å². The molecule has 0 unspecified atom stereocenters. The Morgan fingerprint density at radius 2 is 2.20 bits per heavy atom. The molecule has 1 fully saturated rings. The van der Waals surface area contributed by atoms with Crippen molar-refractivity contribution in [1.82, 2.24) is 4.90 Å². The Morgan fingerprint density at radius 3 is 2.75 bits per heavy atom. The third-order valence-electron chi connectivity index (χ3n) is 3.44. The summed E-state index contributed by atoms with van der Waals surface area (Å²) < 4.78 is 13.1. The predicted molar refractivity (Wildman–Crippen MR) is 75.5 cm³/mol. The van der Waals surface area contributed by atoms with Crippen molar-refractivity contribution < 1.29 is 14.1 Å². The lowest BCUT2D eigenvalue weighted by Crippen LogP contribution is -2.38. The van der Waals surface area contributed by atoms with Crippen molar-refractivity contribution >= 4 is 27.5 Å². The minimum atomic E-state index is -0.734. The van der Waals surface area contributed by atoms with Gasteiger partial charge < -0.3 is 4.90 Å². The van der Waals surface area contributed by atoms with Crippen LogP contribution in [0.4, 0.5) is 10.1 Å². The first-order chi connectivity index (χ1) is 9.38. The zero-order valence-corrected chi connectivity index (χ0v) is 12.5. The summed E-state index contributed by atoms with van der Waals surface area (Å²) in [6, 6.07) is 3.01. The Labute approximate surface area is 124 Å². The lowest BCUT2D eigenvalue weighted by Gasteiger charge is -2.34. The van der Waals surface area contributed by atoms with E-state index < -0.39 is 22.3 Å². The SMILES string of the molecule is CN(CC1CC(Br)C1)C(=O)c1ccc(F)cc1[N+](=O)[O-]. The number of halogens is 2. The first kappa shape index (κ1) is 14.9. The van der Waals surface area contributed by atoms with Crippen LogP contribution in [-0.4, -0.2) is 34.2 Å². The second-order valence-corrected chi connectivity index (χ2v) is 6.33. The molecular weight excluding hydrogens is 331 g/mol. The number of hydrogen-bond donors (Lipinski definition) is 0. The molecule has 1 aromatic carbocycles. The van der Waals surface area contributed by atoms with Crippen LogP contribution >= 0.6 is 15.9 Å². The van der Waals surface area contributed by atoms with Gasteiger partial charge in [0.1, 0.15) is 11.4 Å². The molecule has 0 bridgehead atoms. The molecule has 0 radical (unpaired) electrons. The van der Waals surface area contributed by atoms with Crippen LogP contribution in [-0.2, 0) is 0 Å². The number of rotatable bonds is 4. The number of benzene rings is 1. The van der Waals surface area contributed by atoms with E-state index >= 15 is 0 Å². The summed E-state index contributed by atoms with van der Waals surface area (Å²) in [5, 5.41) is 10.9. The summed E-state index contributed by atoms with van der Waals surface area (Å²) in [6.07, 6.45) is 1.98. The van der Waals surface area contributed by atoms with Crippen LogP contribution in [0.2, 0.25) is 0 Å². The third kappa shape index (κ3) is 3.15.